The first kappa shape index (κ1) is 16.2. The molecule has 0 aromatic carbocycles. The lowest BCUT2D eigenvalue weighted by Crippen LogP contribution is -2.39. The van der Waals surface area contributed by atoms with E-state index in [1.165, 1.54) is 10.7 Å². The molecule has 1 amide bonds. The summed E-state index contributed by atoms with van der Waals surface area (Å²) in [5.74, 6) is 0.693. The number of hydrogen-bond acceptors (Lipinski definition) is 4. The van der Waals surface area contributed by atoms with Gasteiger partial charge in [-0.3, -0.25) is 9.48 Å². The summed E-state index contributed by atoms with van der Waals surface area (Å²) >= 11 is 1.75. The van der Waals surface area contributed by atoms with Gasteiger partial charge in [-0.05, 0) is 31.7 Å². The molecule has 6 heteroatoms. The van der Waals surface area contributed by atoms with E-state index in [1.54, 1.807) is 17.5 Å². The van der Waals surface area contributed by atoms with Gasteiger partial charge in [0, 0.05) is 49.7 Å². The Morgan fingerprint density at radius 1 is 1.48 bits per heavy atom. The third kappa shape index (κ3) is 4.19. The predicted molar refractivity (Wildman–Crippen MR) is 91.5 cm³/mol. The average Bonchev–Trinajstić information content (AvgIpc) is 3.26. The van der Waals surface area contributed by atoms with E-state index in [0.29, 0.717) is 12.3 Å². The van der Waals surface area contributed by atoms with Crippen LogP contribution in [0.25, 0.3) is 0 Å². The van der Waals surface area contributed by atoms with E-state index < -0.39 is 0 Å². The summed E-state index contributed by atoms with van der Waals surface area (Å²) in [5.41, 5.74) is 1.17. The second kappa shape index (κ2) is 7.73. The van der Waals surface area contributed by atoms with Gasteiger partial charge >= 0.3 is 0 Å². The van der Waals surface area contributed by atoms with Gasteiger partial charge in [0.2, 0.25) is 5.91 Å². The Hall–Kier alpha value is -1.69. The molecule has 0 unspecified atom stereocenters. The number of piperidine rings is 1. The van der Waals surface area contributed by atoms with Crippen LogP contribution in [0.4, 0.5) is 0 Å². The van der Waals surface area contributed by atoms with Crippen LogP contribution in [-0.2, 0) is 17.8 Å². The molecule has 0 spiro atoms. The number of aromatic nitrogens is 3. The van der Waals surface area contributed by atoms with Gasteiger partial charge in [-0.25, -0.2) is 4.98 Å². The maximum absolute atomic E-state index is 12.4. The molecule has 1 aliphatic heterocycles. The van der Waals surface area contributed by atoms with E-state index >= 15 is 0 Å². The minimum atomic E-state index is 0.272. The number of nitrogens with zero attached hydrogens (tertiary/aromatic N) is 4. The van der Waals surface area contributed by atoms with E-state index in [9.17, 15) is 4.79 Å². The van der Waals surface area contributed by atoms with Gasteiger partial charge in [0.05, 0.1) is 10.7 Å². The summed E-state index contributed by atoms with van der Waals surface area (Å²) in [4.78, 5) is 19.2. The van der Waals surface area contributed by atoms with Crippen molar-refractivity contribution in [3.8, 4) is 0 Å². The van der Waals surface area contributed by atoms with Crippen molar-refractivity contribution >= 4 is 17.2 Å². The topological polar surface area (TPSA) is 51.0 Å². The summed E-state index contributed by atoms with van der Waals surface area (Å²) < 4.78 is 1.88. The van der Waals surface area contributed by atoms with Crippen LogP contribution in [0.1, 0.15) is 49.2 Å². The van der Waals surface area contributed by atoms with Crippen molar-refractivity contribution in [1.82, 2.24) is 19.7 Å². The Kier molecular flexibility index (Phi) is 5.43. The van der Waals surface area contributed by atoms with Gasteiger partial charge in [-0.2, -0.15) is 5.10 Å². The van der Waals surface area contributed by atoms with Crippen molar-refractivity contribution in [2.75, 3.05) is 13.1 Å². The molecule has 1 atom stereocenters. The van der Waals surface area contributed by atoms with Crippen LogP contribution in [0.5, 0.6) is 0 Å². The molecule has 1 aliphatic rings. The first-order valence-electron chi connectivity index (χ1n) is 8.45. The number of thiazole rings is 1. The molecule has 0 radical (unpaired) electrons. The fourth-order valence-electron chi connectivity index (χ4n) is 3.06. The van der Waals surface area contributed by atoms with Crippen LogP contribution in [0, 0.1) is 0 Å². The second-order valence-corrected chi connectivity index (χ2v) is 6.97. The second-order valence-electron chi connectivity index (χ2n) is 6.08. The normalized spacial score (nSPS) is 18.3. The monoisotopic (exact) mass is 332 g/mol. The molecule has 23 heavy (non-hydrogen) atoms. The highest BCUT2D eigenvalue weighted by atomic mass is 32.1. The molecule has 124 valence electrons. The molecule has 3 rings (SSSR count). The van der Waals surface area contributed by atoms with E-state index in [-0.39, 0.29) is 5.91 Å². The highest BCUT2D eigenvalue weighted by molar-refractivity contribution is 7.09. The maximum Gasteiger partial charge on any atom is 0.222 e. The Balaban J connectivity index is 1.50. The molecule has 2 aromatic heterocycles. The van der Waals surface area contributed by atoms with Crippen molar-refractivity contribution in [2.45, 2.75) is 51.5 Å². The Labute approximate surface area is 141 Å². The quantitative estimate of drug-likeness (QED) is 0.817. The van der Waals surface area contributed by atoms with Crippen LogP contribution in [0.3, 0.4) is 0 Å². The molecule has 1 fully saturated rings. The van der Waals surface area contributed by atoms with E-state index in [4.69, 9.17) is 4.98 Å². The summed E-state index contributed by atoms with van der Waals surface area (Å²) in [5, 5.41) is 7.53. The zero-order chi connectivity index (χ0) is 16.1. The number of aryl methyl sites for hydroxylation is 2. The number of carbonyl (C=O) groups excluding carboxylic acids is 1. The first-order valence-corrected chi connectivity index (χ1v) is 9.33. The van der Waals surface area contributed by atoms with Crippen LogP contribution in [-0.4, -0.2) is 38.7 Å². The molecule has 0 bridgehead atoms. The SMILES string of the molecule is CCc1csc([C@@H]2CCCN(C(=O)CCCn3cccn3)C2)n1. The van der Waals surface area contributed by atoms with E-state index in [0.717, 1.165) is 45.3 Å². The minimum Gasteiger partial charge on any atom is -0.342 e. The smallest absolute Gasteiger partial charge is 0.222 e. The van der Waals surface area contributed by atoms with Gasteiger partial charge in [0.1, 0.15) is 0 Å². The van der Waals surface area contributed by atoms with Crippen molar-refractivity contribution in [1.29, 1.82) is 0 Å². The van der Waals surface area contributed by atoms with Crippen molar-refractivity contribution in [3.63, 3.8) is 0 Å². The predicted octanol–water partition coefficient (Wildman–Crippen LogP) is 3.09. The lowest BCUT2D eigenvalue weighted by molar-refractivity contribution is -0.132. The van der Waals surface area contributed by atoms with Gasteiger partial charge in [0.15, 0.2) is 0 Å². The molecule has 5 nitrogen and oxygen atoms in total. The van der Waals surface area contributed by atoms with Crippen LogP contribution < -0.4 is 0 Å². The number of carbonyl (C=O) groups is 1. The molecule has 3 heterocycles. The molecule has 0 aliphatic carbocycles. The standard InChI is InChI=1S/C17H24N4OS/c1-2-15-13-23-17(19-15)14-6-3-9-20(12-14)16(22)7-4-10-21-11-5-8-18-21/h5,8,11,13-14H,2-4,6-7,9-10,12H2,1H3/t14-/m1/s1. The summed E-state index contributed by atoms with van der Waals surface area (Å²) in [6.45, 7) is 4.66. The Morgan fingerprint density at radius 2 is 2.39 bits per heavy atom. The zero-order valence-electron chi connectivity index (χ0n) is 13.6. The van der Waals surface area contributed by atoms with Gasteiger partial charge in [-0.15, -0.1) is 11.3 Å². The van der Waals surface area contributed by atoms with Crippen molar-refractivity contribution in [3.05, 3.63) is 34.5 Å². The summed E-state index contributed by atoms with van der Waals surface area (Å²) in [6.07, 6.45) is 8.37. The number of hydrogen-bond donors (Lipinski definition) is 0. The third-order valence-electron chi connectivity index (χ3n) is 4.39. The van der Waals surface area contributed by atoms with Crippen molar-refractivity contribution < 1.29 is 4.79 Å². The molecule has 0 N–H and O–H groups in total. The Bertz CT molecular complexity index is 622. The number of rotatable bonds is 6. The molecule has 1 saturated heterocycles. The first-order chi connectivity index (χ1) is 11.3. The lowest BCUT2D eigenvalue weighted by Gasteiger charge is -2.32. The minimum absolute atomic E-state index is 0.272. The van der Waals surface area contributed by atoms with E-state index in [2.05, 4.69) is 17.4 Å². The highest BCUT2D eigenvalue weighted by Gasteiger charge is 2.26. The molecular formula is C17H24N4OS. The fourth-order valence-corrected chi connectivity index (χ4v) is 4.09. The fraction of sp³-hybridized carbons (Fsp3) is 0.588. The number of likely N-dealkylation sites (tertiary alicyclic amines) is 1. The zero-order valence-corrected chi connectivity index (χ0v) is 14.5. The third-order valence-corrected chi connectivity index (χ3v) is 5.45. The van der Waals surface area contributed by atoms with Gasteiger partial charge in [-0.1, -0.05) is 6.92 Å². The lowest BCUT2D eigenvalue weighted by atomic mass is 9.98. The summed E-state index contributed by atoms with van der Waals surface area (Å²) in [6, 6.07) is 1.91. The van der Waals surface area contributed by atoms with Crippen molar-refractivity contribution in [2.24, 2.45) is 0 Å². The molecule has 0 saturated carbocycles. The molecular weight excluding hydrogens is 308 g/mol. The number of amides is 1. The van der Waals surface area contributed by atoms with Crippen LogP contribution in [0.2, 0.25) is 0 Å². The van der Waals surface area contributed by atoms with Crippen LogP contribution in [0.15, 0.2) is 23.8 Å². The van der Waals surface area contributed by atoms with Crippen LogP contribution >= 0.6 is 11.3 Å². The largest absolute Gasteiger partial charge is 0.342 e. The van der Waals surface area contributed by atoms with Gasteiger partial charge in [0.25, 0.3) is 0 Å². The summed E-state index contributed by atoms with van der Waals surface area (Å²) in [7, 11) is 0. The highest BCUT2D eigenvalue weighted by Crippen LogP contribution is 2.29. The van der Waals surface area contributed by atoms with Gasteiger partial charge < -0.3 is 4.90 Å². The average molecular weight is 332 g/mol. The molecule has 2 aromatic rings. The Morgan fingerprint density at radius 3 is 3.13 bits per heavy atom. The van der Waals surface area contributed by atoms with E-state index in [1.807, 2.05) is 21.8 Å². The maximum atomic E-state index is 12.4.